The fraction of sp³-hybridized carbons (Fsp3) is 0.533. The van der Waals surface area contributed by atoms with Crippen molar-refractivity contribution in [1.29, 1.82) is 0 Å². The van der Waals surface area contributed by atoms with Gasteiger partial charge in [0.15, 0.2) is 0 Å². The second kappa shape index (κ2) is 7.92. The number of ether oxygens (including phenoxy) is 1. The van der Waals surface area contributed by atoms with Gasteiger partial charge in [-0.1, -0.05) is 32.0 Å². The van der Waals surface area contributed by atoms with Crippen LogP contribution in [-0.4, -0.2) is 30.8 Å². The van der Waals surface area contributed by atoms with Crippen molar-refractivity contribution in [3.63, 3.8) is 0 Å². The van der Waals surface area contributed by atoms with Gasteiger partial charge in [0.05, 0.1) is 19.3 Å². The molecule has 1 atom stereocenters. The van der Waals surface area contributed by atoms with Crippen LogP contribution in [0.15, 0.2) is 24.3 Å². The van der Waals surface area contributed by atoms with Crippen LogP contribution in [0.1, 0.15) is 36.2 Å². The smallest absolute Gasteiger partial charge is 0.251 e. The highest BCUT2D eigenvalue weighted by Crippen LogP contribution is 2.11. The lowest BCUT2D eigenvalue weighted by atomic mass is 10.0. The Morgan fingerprint density at radius 2 is 2.05 bits per heavy atom. The number of hydrogen-bond donors (Lipinski definition) is 2. The van der Waals surface area contributed by atoms with Crippen molar-refractivity contribution in [2.24, 2.45) is 5.92 Å². The van der Waals surface area contributed by atoms with Crippen molar-refractivity contribution in [2.75, 3.05) is 13.7 Å². The zero-order chi connectivity index (χ0) is 14.3. The second-order valence-corrected chi connectivity index (χ2v) is 5.07. The highest BCUT2D eigenvalue weighted by Gasteiger charge is 2.16. The summed E-state index contributed by atoms with van der Waals surface area (Å²) in [6, 6.07) is 7.14. The molecule has 0 radical (unpaired) electrons. The number of carbonyl (C=O) groups is 1. The van der Waals surface area contributed by atoms with Crippen molar-refractivity contribution in [2.45, 2.75) is 32.9 Å². The summed E-state index contributed by atoms with van der Waals surface area (Å²) in [5.74, 6) is 0.263. The largest absolute Gasteiger partial charge is 0.394 e. The molecule has 0 fully saturated rings. The van der Waals surface area contributed by atoms with E-state index < -0.39 is 0 Å². The van der Waals surface area contributed by atoms with Crippen LogP contribution in [0.3, 0.4) is 0 Å². The van der Waals surface area contributed by atoms with E-state index in [2.05, 4.69) is 19.2 Å². The first kappa shape index (κ1) is 15.7. The first-order valence-electron chi connectivity index (χ1n) is 6.57. The topological polar surface area (TPSA) is 58.6 Å². The first-order valence-corrected chi connectivity index (χ1v) is 6.57. The van der Waals surface area contributed by atoms with Crippen molar-refractivity contribution in [3.8, 4) is 0 Å². The van der Waals surface area contributed by atoms with Gasteiger partial charge in [-0.15, -0.1) is 0 Å². The minimum absolute atomic E-state index is 0.0453. The zero-order valence-electron chi connectivity index (χ0n) is 11.8. The Balaban J connectivity index is 2.76. The Labute approximate surface area is 114 Å². The molecule has 0 aliphatic heterocycles. The van der Waals surface area contributed by atoms with Crippen molar-refractivity contribution >= 4 is 5.91 Å². The fourth-order valence-electron chi connectivity index (χ4n) is 2.03. The van der Waals surface area contributed by atoms with Crippen LogP contribution in [0.2, 0.25) is 0 Å². The quantitative estimate of drug-likeness (QED) is 0.792. The van der Waals surface area contributed by atoms with Gasteiger partial charge >= 0.3 is 0 Å². The first-order chi connectivity index (χ1) is 9.08. The molecule has 0 spiro atoms. The molecule has 0 saturated heterocycles. The lowest BCUT2D eigenvalue weighted by molar-refractivity contribution is 0.0903. The van der Waals surface area contributed by atoms with Crippen LogP contribution in [0.5, 0.6) is 0 Å². The number of amides is 1. The molecule has 1 rings (SSSR count). The van der Waals surface area contributed by atoms with E-state index in [0.29, 0.717) is 18.1 Å². The van der Waals surface area contributed by atoms with E-state index in [1.807, 2.05) is 18.2 Å². The molecule has 0 aliphatic carbocycles. The number of carbonyl (C=O) groups excluding carboxylic acids is 1. The maximum atomic E-state index is 12.2. The molecule has 106 valence electrons. The summed E-state index contributed by atoms with van der Waals surface area (Å²) in [5.41, 5.74) is 1.45. The highest BCUT2D eigenvalue weighted by molar-refractivity contribution is 5.95. The average Bonchev–Trinajstić information content (AvgIpc) is 2.38. The number of rotatable bonds is 7. The third kappa shape index (κ3) is 5.01. The summed E-state index contributed by atoms with van der Waals surface area (Å²) in [7, 11) is 1.60. The van der Waals surface area contributed by atoms with Gasteiger partial charge < -0.3 is 15.2 Å². The third-order valence-electron chi connectivity index (χ3n) is 2.87. The van der Waals surface area contributed by atoms with E-state index in [1.165, 1.54) is 0 Å². The molecule has 0 saturated carbocycles. The van der Waals surface area contributed by atoms with E-state index >= 15 is 0 Å². The number of methoxy groups -OCH3 is 1. The summed E-state index contributed by atoms with van der Waals surface area (Å²) in [4.78, 5) is 12.2. The summed E-state index contributed by atoms with van der Waals surface area (Å²) in [6.07, 6.45) is 0.759. The molecular formula is C15H23NO3. The lowest BCUT2D eigenvalue weighted by Gasteiger charge is -2.19. The third-order valence-corrected chi connectivity index (χ3v) is 2.87. The minimum Gasteiger partial charge on any atom is -0.394 e. The number of aliphatic hydroxyl groups excluding tert-OH is 1. The van der Waals surface area contributed by atoms with Gasteiger partial charge in [0.2, 0.25) is 0 Å². The molecule has 1 aromatic carbocycles. The monoisotopic (exact) mass is 265 g/mol. The normalized spacial score (nSPS) is 12.5. The van der Waals surface area contributed by atoms with E-state index in [4.69, 9.17) is 4.74 Å². The van der Waals surface area contributed by atoms with Gasteiger partial charge in [-0.2, -0.15) is 0 Å². The Morgan fingerprint density at radius 3 is 2.63 bits per heavy atom. The molecule has 4 nitrogen and oxygen atoms in total. The molecule has 1 aromatic rings. The highest BCUT2D eigenvalue weighted by atomic mass is 16.5. The van der Waals surface area contributed by atoms with Crippen LogP contribution in [0, 0.1) is 5.92 Å². The number of nitrogens with one attached hydrogen (secondary N) is 1. The van der Waals surface area contributed by atoms with E-state index in [1.54, 1.807) is 13.2 Å². The molecule has 19 heavy (non-hydrogen) atoms. The Hall–Kier alpha value is -1.39. The molecule has 0 aliphatic rings. The SMILES string of the molecule is COCc1ccccc1C(=O)NC(CO)CC(C)C. The lowest BCUT2D eigenvalue weighted by Crippen LogP contribution is -2.38. The van der Waals surface area contributed by atoms with Gasteiger partial charge in [0, 0.05) is 12.7 Å². The molecule has 1 amide bonds. The fourth-order valence-corrected chi connectivity index (χ4v) is 2.03. The summed E-state index contributed by atoms with van der Waals surface area (Å²) in [6.45, 7) is 4.48. The van der Waals surface area contributed by atoms with Crippen LogP contribution in [-0.2, 0) is 11.3 Å². The maximum absolute atomic E-state index is 12.2. The molecular weight excluding hydrogens is 242 g/mol. The summed E-state index contributed by atoms with van der Waals surface area (Å²) >= 11 is 0. The van der Waals surface area contributed by atoms with Gasteiger partial charge in [0.1, 0.15) is 0 Å². The number of hydrogen-bond acceptors (Lipinski definition) is 3. The number of aliphatic hydroxyl groups is 1. The Kier molecular flexibility index (Phi) is 6.53. The summed E-state index contributed by atoms with van der Waals surface area (Å²) in [5, 5.41) is 12.2. The Morgan fingerprint density at radius 1 is 1.37 bits per heavy atom. The Bertz CT molecular complexity index is 404. The van der Waals surface area contributed by atoms with Crippen LogP contribution in [0.25, 0.3) is 0 Å². The van der Waals surface area contributed by atoms with E-state index in [-0.39, 0.29) is 18.6 Å². The predicted molar refractivity (Wildman–Crippen MR) is 75.0 cm³/mol. The maximum Gasteiger partial charge on any atom is 0.251 e. The van der Waals surface area contributed by atoms with Crippen molar-refractivity contribution < 1.29 is 14.6 Å². The number of benzene rings is 1. The molecule has 4 heteroatoms. The van der Waals surface area contributed by atoms with Crippen molar-refractivity contribution in [3.05, 3.63) is 35.4 Å². The molecule has 1 unspecified atom stereocenters. The average molecular weight is 265 g/mol. The van der Waals surface area contributed by atoms with E-state index in [9.17, 15) is 9.90 Å². The van der Waals surface area contributed by atoms with Gasteiger partial charge in [-0.3, -0.25) is 4.79 Å². The minimum atomic E-state index is -0.205. The van der Waals surface area contributed by atoms with Crippen molar-refractivity contribution in [1.82, 2.24) is 5.32 Å². The van der Waals surface area contributed by atoms with Crippen LogP contribution in [0.4, 0.5) is 0 Å². The van der Waals surface area contributed by atoms with E-state index in [0.717, 1.165) is 12.0 Å². The molecule has 2 N–H and O–H groups in total. The summed E-state index contributed by atoms with van der Waals surface area (Å²) < 4.78 is 5.09. The van der Waals surface area contributed by atoms with Crippen LogP contribution < -0.4 is 5.32 Å². The molecule has 0 heterocycles. The van der Waals surface area contributed by atoms with Crippen LogP contribution >= 0.6 is 0 Å². The second-order valence-electron chi connectivity index (χ2n) is 5.07. The molecule has 0 bridgehead atoms. The standard InChI is InChI=1S/C15H23NO3/c1-11(2)8-13(9-17)16-15(18)14-7-5-4-6-12(14)10-19-3/h4-7,11,13,17H,8-10H2,1-3H3,(H,16,18). The van der Waals surface area contributed by atoms with Gasteiger partial charge in [-0.05, 0) is 24.0 Å². The zero-order valence-corrected chi connectivity index (χ0v) is 11.8. The van der Waals surface area contributed by atoms with Gasteiger partial charge in [0.25, 0.3) is 5.91 Å². The van der Waals surface area contributed by atoms with Gasteiger partial charge in [-0.25, -0.2) is 0 Å². The predicted octanol–water partition coefficient (Wildman–Crippen LogP) is 1.97. The molecule has 0 aromatic heterocycles.